The Hall–Kier alpha value is -3.53. The number of nitrogens with one attached hydrogen (secondary N) is 2. The lowest BCUT2D eigenvalue weighted by Crippen LogP contribution is -2.37. The molecule has 2 fully saturated rings. The summed E-state index contributed by atoms with van der Waals surface area (Å²) in [7, 11) is -1.20. The van der Waals surface area contributed by atoms with Crippen LogP contribution in [0.5, 0.6) is 5.75 Å². The van der Waals surface area contributed by atoms with Crippen molar-refractivity contribution in [3.63, 3.8) is 0 Å². The van der Waals surface area contributed by atoms with E-state index in [0.717, 1.165) is 36.3 Å². The molecule has 1 saturated heterocycles. The van der Waals surface area contributed by atoms with Gasteiger partial charge in [-0.3, -0.25) is 9.52 Å². The lowest BCUT2D eigenvalue weighted by atomic mass is 9.77. The van der Waals surface area contributed by atoms with E-state index in [9.17, 15) is 13.2 Å². The van der Waals surface area contributed by atoms with Crippen molar-refractivity contribution in [3.8, 4) is 17.1 Å². The third-order valence-electron chi connectivity index (χ3n) is 7.91. The maximum absolute atomic E-state index is 13.4. The highest BCUT2D eigenvalue weighted by molar-refractivity contribution is 7.92. The minimum atomic E-state index is -4.07. The number of hydrogen-bond donors (Lipinski definition) is 2. The molecule has 1 spiro atoms. The standard InChI is InChI=1S/C26H28N4O5S/c1-15-13-26(15)14-19-23(18-12-17(6-7-20(18)26)30-9-4-10-30)35-28-24(19)29-36(32,33)22-8-5-16(25(31)27-2)11-21(22)34-3/h5-8,11-12,15H,4,9-10,13-14H2,1-3H3,(H,27,31)(H,28,29)/t15-,26+/m1/s1. The van der Waals surface area contributed by atoms with Gasteiger partial charge in [-0.1, -0.05) is 18.1 Å². The van der Waals surface area contributed by atoms with Crippen LogP contribution in [0.1, 0.15) is 41.3 Å². The van der Waals surface area contributed by atoms with Crippen molar-refractivity contribution >= 4 is 27.4 Å². The molecule has 1 aromatic heterocycles. The Balaban J connectivity index is 1.38. The highest BCUT2D eigenvalue weighted by atomic mass is 32.2. The average Bonchev–Trinajstić information content (AvgIpc) is 3.31. The fourth-order valence-electron chi connectivity index (χ4n) is 5.57. The minimum Gasteiger partial charge on any atom is -0.495 e. The van der Waals surface area contributed by atoms with E-state index >= 15 is 0 Å². The molecule has 2 atom stereocenters. The lowest BCUT2D eigenvalue weighted by Gasteiger charge is -2.34. The maximum atomic E-state index is 13.4. The van der Waals surface area contributed by atoms with Gasteiger partial charge in [0.05, 0.1) is 7.11 Å². The third-order valence-corrected chi connectivity index (χ3v) is 9.29. The zero-order valence-corrected chi connectivity index (χ0v) is 21.2. The van der Waals surface area contributed by atoms with Crippen molar-refractivity contribution in [1.82, 2.24) is 10.5 Å². The first kappa shape index (κ1) is 22.9. The second-order valence-corrected chi connectivity index (χ2v) is 11.5. The number of sulfonamides is 1. The largest absolute Gasteiger partial charge is 0.495 e. The normalized spacial score (nSPS) is 21.9. The number of benzene rings is 2. The Morgan fingerprint density at radius 3 is 2.64 bits per heavy atom. The molecule has 0 bridgehead atoms. The van der Waals surface area contributed by atoms with Crippen molar-refractivity contribution in [2.45, 2.75) is 36.5 Å². The Kier molecular flexibility index (Phi) is 5.08. The Morgan fingerprint density at radius 1 is 1.22 bits per heavy atom. The van der Waals surface area contributed by atoms with Gasteiger partial charge in [-0.05, 0) is 61.1 Å². The summed E-state index contributed by atoms with van der Waals surface area (Å²) in [4.78, 5) is 14.2. The Bertz CT molecular complexity index is 1490. The van der Waals surface area contributed by atoms with Crippen LogP contribution in [0.15, 0.2) is 45.8 Å². The van der Waals surface area contributed by atoms with Crippen molar-refractivity contribution in [2.75, 3.05) is 36.9 Å². The van der Waals surface area contributed by atoms with Crippen molar-refractivity contribution < 1.29 is 22.5 Å². The van der Waals surface area contributed by atoms with E-state index in [0.29, 0.717) is 23.7 Å². The van der Waals surface area contributed by atoms with Gasteiger partial charge in [-0.2, -0.15) is 0 Å². The first-order valence-electron chi connectivity index (χ1n) is 12.1. The number of anilines is 2. The summed E-state index contributed by atoms with van der Waals surface area (Å²) in [6.45, 7) is 4.30. The van der Waals surface area contributed by atoms with Crippen LogP contribution < -0.4 is 19.7 Å². The van der Waals surface area contributed by atoms with Gasteiger partial charge < -0.3 is 19.5 Å². The SMILES string of the molecule is CNC(=O)c1ccc(S(=O)(=O)Nc2noc3c2C[C@]2(C[C@H]2C)c2ccc(N4CCC4)cc2-3)c(OC)c1. The molecule has 188 valence electrons. The average molecular weight is 509 g/mol. The molecule has 2 heterocycles. The molecular weight excluding hydrogens is 480 g/mol. The van der Waals surface area contributed by atoms with E-state index in [4.69, 9.17) is 9.26 Å². The van der Waals surface area contributed by atoms with Crippen LogP contribution in [-0.4, -0.2) is 46.7 Å². The van der Waals surface area contributed by atoms with Crippen LogP contribution >= 0.6 is 0 Å². The number of hydrogen-bond acceptors (Lipinski definition) is 7. The lowest BCUT2D eigenvalue weighted by molar-refractivity contribution is 0.0962. The quantitative estimate of drug-likeness (QED) is 0.523. The molecule has 10 heteroatoms. The number of carbonyl (C=O) groups is 1. The fraction of sp³-hybridized carbons (Fsp3) is 0.385. The number of nitrogens with zero attached hydrogens (tertiary/aromatic N) is 2. The van der Waals surface area contributed by atoms with Crippen LogP contribution in [0, 0.1) is 5.92 Å². The van der Waals surface area contributed by atoms with E-state index in [1.807, 2.05) is 0 Å². The summed E-state index contributed by atoms with van der Waals surface area (Å²) in [5.41, 5.74) is 4.44. The molecule has 1 saturated carbocycles. The third kappa shape index (κ3) is 3.38. The van der Waals surface area contributed by atoms with Gasteiger partial charge in [0.15, 0.2) is 11.6 Å². The first-order chi connectivity index (χ1) is 17.3. The fourth-order valence-corrected chi connectivity index (χ4v) is 6.75. The summed E-state index contributed by atoms with van der Waals surface area (Å²) in [6, 6.07) is 10.8. The molecule has 0 unspecified atom stereocenters. The van der Waals surface area contributed by atoms with Crippen molar-refractivity contribution in [1.29, 1.82) is 0 Å². The van der Waals surface area contributed by atoms with Crippen LogP contribution in [0.25, 0.3) is 11.3 Å². The van der Waals surface area contributed by atoms with E-state index in [1.54, 1.807) is 0 Å². The molecule has 1 amide bonds. The van der Waals surface area contributed by atoms with Crippen LogP contribution in [0.3, 0.4) is 0 Å². The second kappa shape index (κ2) is 7.99. The van der Waals surface area contributed by atoms with Crippen LogP contribution in [0.4, 0.5) is 11.5 Å². The zero-order valence-electron chi connectivity index (χ0n) is 20.4. The zero-order chi connectivity index (χ0) is 25.2. The van der Waals surface area contributed by atoms with Gasteiger partial charge in [0.2, 0.25) is 0 Å². The topological polar surface area (TPSA) is 114 Å². The van der Waals surface area contributed by atoms with E-state index in [1.165, 1.54) is 44.3 Å². The van der Waals surface area contributed by atoms with Crippen molar-refractivity contribution in [3.05, 3.63) is 53.1 Å². The molecule has 3 aliphatic rings. The van der Waals surface area contributed by atoms with Gasteiger partial charge in [0.25, 0.3) is 15.9 Å². The van der Waals surface area contributed by atoms with Crippen molar-refractivity contribution in [2.24, 2.45) is 5.92 Å². The second-order valence-electron chi connectivity index (χ2n) is 9.90. The first-order valence-corrected chi connectivity index (χ1v) is 13.6. The van der Waals surface area contributed by atoms with E-state index < -0.39 is 10.0 Å². The number of carbonyl (C=O) groups excluding carboxylic acids is 1. The predicted octanol–water partition coefficient (Wildman–Crippen LogP) is 3.55. The summed E-state index contributed by atoms with van der Waals surface area (Å²) in [6.07, 6.45) is 2.88. The molecule has 2 aromatic carbocycles. The number of amides is 1. The molecule has 9 nitrogen and oxygen atoms in total. The number of ether oxygens (including phenoxy) is 1. The highest BCUT2D eigenvalue weighted by Gasteiger charge is 2.56. The van der Waals surface area contributed by atoms with Gasteiger partial charge in [0, 0.05) is 47.9 Å². The Morgan fingerprint density at radius 2 is 2.00 bits per heavy atom. The molecule has 0 radical (unpaired) electrons. The summed E-state index contributed by atoms with van der Waals surface area (Å²) >= 11 is 0. The number of fused-ring (bicyclic) bond motifs is 4. The highest BCUT2D eigenvalue weighted by Crippen LogP contribution is 2.62. The summed E-state index contributed by atoms with van der Waals surface area (Å²) in [5.74, 6) is 1.03. The number of rotatable bonds is 6. The molecule has 1 aliphatic heterocycles. The Labute approximate surface area is 209 Å². The molecular formula is C26H28N4O5S. The molecule has 36 heavy (non-hydrogen) atoms. The molecule has 2 N–H and O–H groups in total. The van der Waals surface area contributed by atoms with Gasteiger partial charge in [0.1, 0.15) is 10.6 Å². The minimum absolute atomic E-state index is 0.0333. The molecule has 3 aromatic rings. The van der Waals surface area contributed by atoms with Gasteiger partial charge in [-0.25, -0.2) is 8.42 Å². The van der Waals surface area contributed by atoms with Gasteiger partial charge in [-0.15, -0.1) is 0 Å². The molecule has 2 aliphatic carbocycles. The number of aromatic nitrogens is 1. The maximum Gasteiger partial charge on any atom is 0.266 e. The van der Waals surface area contributed by atoms with E-state index in [-0.39, 0.29) is 27.8 Å². The van der Waals surface area contributed by atoms with Crippen LogP contribution in [-0.2, 0) is 21.9 Å². The van der Waals surface area contributed by atoms with Gasteiger partial charge >= 0.3 is 0 Å². The molecule has 6 rings (SSSR count). The smallest absolute Gasteiger partial charge is 0.266 e. The van der Waals surface area contributed by atoms with Crippen LogP contribution in [0.2, 0.25) is 0 Å². The number of methoxy groups -OCH3 is 1. The predicted molar refractivity (Wildman–Crippen MR) is 135 cm³/mol. The van der Waals surface area contributed by atoms with E-state index in [2.05, 4.69) is 45.2 Å². The summed E-state index contributed by atoms with van der Waals surface area (Å²) in [5, 5.41) is 6.68. The summed E-state index contributed by atoms with van der Waals surface area (Å²) < 4.78 is 40.5. The monoisotopic (exact) mass is 508 g/mol.